The lowest BCUT2D eigenvalue weighted by molar-refractivity contribution is -0.139. The van der Waals surface area contributed by atoms with E-state index in [9.17, 15) is 14.7 Å². The predicted molar refractivity (Wildman–Crippen MR) is 109 cm³/mol. The van der Waals surface area contributed by atoms with Crippen molar-refractivity contribution in [3.8, 4) is 11.1 Å². The Morgan fingerprint density at radius 2 is 1.90 bits per heavy atom. The lowest BCUT2D eigenvalue weighted by Crippen LogP contribution is -2.41. The van der Waals surface area contributed by atoms with E-state index in [0.717, 1.165) is 23.1 Å². The molecule has 0 saturated carbocycles. The molecule has 2 aromatic carbocycles. The summed E-state index contributed by atoms with van der Waals surface area (Å²) in [6, 6.07) is 13.0. The highest BCUT2D eigenvalue weighted by Crippen LogP contribution is 2.38. The molecule has 0 radical (unpaired) electrons. The number of alkyl carbamates (subject to hydrolysis) is 1. The number of carbonyl (C=O) groups is 2. The van der Waals surface area contributed by atoms with Crippen LogP contribution in [0.3, 0.4) is 0 Å². The van der Waals surface area contributed by atoms with Crippen LogP contribution in [0.25, 0.3) is 11.1 Å². The van der Waals surface area contributed by atoms with Gasteiger partial charge in [-0.15, -0.1) is 0 Å². The van der Waals surface area contributed by atoms with Crippen LogP contribution in [0.1, 0.15) is 29.5 Å². The second-order valence-corrected chi connectivity index (χ2v) is 6.84. The first-order valence-corrected chi connectivity index (χ1v) is 9.36. The van der Waals surface area contributed by atoms with Crippen molar-refractivity contribution >= 4 is 18.0 Å². The number of benzene rings is 2. The van der Waals surface area contributed by atoms with Crippen LogP contribution in [-0.2, 0) is 22.6 Å². The first-order valence-electron chi connectivity index (χ1n) is 9.36. The van der Waals surface area contributed by atoms with Crippen LogP contribution in [0.2, 0.25) is 0 Å². The number of carboxylic acids is 1. The van der Waals surface area contributed by atoms with E-state index in [2.05, 4.69) is 28.5 Å². The van der Waals surface area contributed by atoms with Gasteiger partial charge in [-0.05, 0) is 47.1 Å². The minimum absolute atomic E-state index is 0.0539. The van der Waals surface area contributed by atoms with Crippen LogP contribution in [0.4, 0.5) is 4.79 Å². The first-order chi connectivity index (χ1) is 14.0. The molecule has 1 aliphatic rings. The number of hydrogen-bond donors (Lipinski definition) is 4. The molecule has 0 bridgehead atoms. The van der Waals surface area contributed by atoms with Gasteiger partial charge in [0.25, 0.3) is 0 Å². The topological polar surface area (TPSA) is 140 Å². The standard InChI is InChI=1S/C21H24N4O4/c22-20(23)24-10-4-9-18(19(26)27)25-21(28)29-12-14-6-3-8-16-15-7-2-1-5-13(15)11-17(14)16/h1-3,5-8,18H,4,9-12H2,(H,25,28)(H,26,27)(H4,22,23,24)/t18-/m1/s1. The molecule has 3 rings (SSSR count). The van der Waals surface area contributed by atoms with Gasteiger partial charge < -0.3 is 26.6 Å². The van der Waals surface area contributed by atoms with Gasteiger partial charge in [-0.3, -0.25) is 4.99 Å². The Labute approximate surface area is 168 Å². The third-order valence-corrected chi connectivity index (χ3v) is 4.84. The molecule has 0 heterocycles. The van der Waals surface area contributed by atoms with Crippen molar-refractivity contribution in [3.05, 3.63) is 59.2 Å². The quantitative estimate of drug-likeness (QED) is 0.261. The van der Waals surface area contributed by atoms with Crippen molar-refractivity contribution in [1.29, 1.82) is 0 Å². The summed E-state index contributed by atoms with van der Waals surface area (Å²) in [7, 11) is 0. The van der Waals surface area contributed by atoms with Crippen molar-refractivity contribution in [2.24, 2.45) is 16.5 Å². The molecule has 2 aromatic rings. The predicted octanol–water partition coefficient (Wildman–Crippen LogP) is 1.99. The zero-order valence-electron chi connectivity index (χ0n) is 15.9. The molecule has 8 heteroatoms. The molecule has 0 aromatic heterocycles. The lowest BCUT2D eigenvalue weighted by Gasteiger charge is -2.15. The number of guanidine groups is 1. The molecule has 29 heavy (non-hydrogen) atoms. The zero-order valence-corrected chi connectivity index (χ0v) is 15.9. The van der Waals surface area contributed by atoms with E-state index in [1.54, 1.807) is 0 Å². The Kier molecular flexibility index (Phi) is 6.33. The van der Waals surface area contributed by atoms with Crippen LogP contribution < -0.4 is 16.8 Å². The van der Waals surface area contributed by atoms with E-state index in [1.165, 1.54) is 11.1 Å². The molecular weight excluding hydrogens is 372 g/mol. The Bertz CT molecular complexity index is 938. The van der Waals surface area contributed by atoms with Crippen molar-refractivity contribution < 1.29 is 19.4 Å². The van der Waals surface area contributed by atoms with Gasteiger partial charge in [0.2, 0.25) is 0 Å². The number of rotatable bonds is 8. The fourth-order valence-electron chi connectivity index (χ4n) is 3.45. The van der Waals surface area contributed by atoms with Crippen molar-refractivity contribution in [2.45, 2.75) is 31.9 Å². The molecule has 1 aliphatic carbocycles. The van der Waals surface area contributed by atoms with Gasteiger partial charge in [0, 0.05) is 6.54 Å². The molecule has 0 spiro atoms. The second-order valence-electron chi connectivity index (χ2n) is 6.84. The smallest absolute Gasteiger partial charge is 0.408 e. The van der Waals surface area contributed by atoms with Crippen molar-refractivity contribution in [2.75, 3.05) is 6.54 Å². The van der Waals surface area contributed by atoms with Crippen LogP contribution in [0, 0.1) is 0 Å². The van der Waals surface area contributed by atoms with E-state index < -0.39 is 18.1 Å². The van der Waals surface area contributed by atoms with Crippen molar-refractivity contribution in [1.82, 2.24) is 5.32 Å². The monoisotopic (exact) mass is 396 g/mol. The summed E-state index contributed by atoms with van der Waals surface area (Å²) >= 11 is 0. The molecule has 1 amide bonds. The van der Waals surface area contributed by atoms with E-state index in [0.29, 0.717) is 13.0 Å². The van der Waals surface area contributed by atoms with Gasteiger partial charge in [0.05, 0.1) is 0 Å². The highest BCUT2D eigenvalue weighted by molar-refractivity contribution is 5.80. The number of carboxylic acid groups (broad SMARTS) is 1. The summed E-state index contributed by atoms with van der Waals surface area (Å²) in [5.41, 5.74) is 16.1. The summed E-state index contributed by atoms with van der Waals surface area (Å²) in [4.78, 5) is 27.3. The van der Waals surface area contributed by atoms with Gasteiger partial charge in [-0.2, -0.15) is 0 Å². The van der Waals surface area contributed by atoms with Crippen LogP contribution in [0.5, 0.6) is 0 Å². The maximum Gasteiger partial charge on any atom is 0.408 e. The third-order valence-electron chi connectivity index (χ3n) is 4.84. The average molecular weight is 396 g/mol. The minimum atomic E-state index is -1.14. The van der Waals surface area contributed by atoms with Crippen LogP contribution in [-0.4, -0.2) is 35.7 Å². The number of amides is 1. The average Bonchev–Trinajstić information content (AvgIpc) is 3.07. The number of ether oxygens (including phenoxy) is 1. The number of aliphatic carboxylic acids is 1. The molecule has 0 aliphatic heterocycles. The number of fused-ring (bicyclic) bond motifs is 3. The molecule has 8 nitrogen and oxygen atoms in total. The lowest BCUT2D eigenvalue weighted by atomic mass is 10.0. The number of nitrogens with two attached hydrogens (primary N) is 2. The van der Waals surface area contributed by atoms with Crippen molar-refractivity contribution in [3.63, 3.8) is 0 Å². The molecular formula is C21H24N4O4. The maximum absolute atomic E-state index is 12.1. The zero-order chi connectivity index (χ0) is 20.8. The Morgan fingerprint density at radius 1 is 1.14 bits per heavy atom. The maximum atomic E-state index is 12.1. The molecule has 0 fully saturated rings. The Hall–Kier alpha value is -3.55. The Morgan fingerprint density at radius 3 is 2.66 bits per heavy atom. The van der Waals surface area contributed by atoms with E-state index in [-0.39, 0.29) is 19.0 Å². The number of carbonyl (C=O) groups excluding carboxylic acids is 1. The fraction of sp³-hybridized carbons (Fsp3) is 0.286. The van der Waals surface area contributed by atoms with E-state index in [1.807, 2.05) is 24.3 Å². The summed E-state index contributed by atoms with van der Waals surface area (Å²) in [5.74, 6) is -1.19. The Balaban J connectivity index is 1.57. The van der Waals surface area contributed by atoms with Gasteiger partial charge >= 0.3 is 12.1 Å². The van der Waals surface area contributed by atoms with E-state index >= 15 is 0 Å². The van der Waals surface area contributed by atoms with Crippen LogP contribution >= 0.6 is 0 Å². The largest absolute Gasteiger partial charge is 0.480 e. The normalized spacial score (nSPS) is 12.4. The first kappa shape index (κ1) is 20.2. The van der Waals surface area contributed by atoms with Crippen LogP contribution in [0.15, 0.2) is 47.5 Å². The van der Waals surface area contributed by atoms with Gasteiger partial charge in [-0.1, -0.05) is 42.5 Å². The van der Waals surface area contributed by atoms with Gasteiger partial charge in [0.1, 0.15) is 12.6 Å². The second kappa shape index (κ2) is 9.09. The molecule has 152 valence electrons. The summed E-state index contributed by atoms with van der Waals surface area (Å²) in [6.07, 6.45) is 0.624. The highest BCUT2D eigenvalue weighted by atomic mass is 16.5. The highest BCUT2D eigenvalue weighted by Gasteiger charge is 2.23. The number of nitrogens with one attached hydrogen (secondary N) is 1. The molecule has 6 N–H and O–H groups in total. The summed E-state index contributed by atoms with van der Waals surface area (Å²) in [5, 5.41) is 11.7. The number of aliphatic imine (C=N–C) groups is 1. The number of hydrogen-bond acceptors (Lipinski definition) is 4. The fourth-order valence-corrected chi connectivity index (χ4v) is 3.45. The van der Waals surface area contributed by atoms with E-state index in [4.69, 9.17) is 16.2 Å². The van der Waals surface area contributed by atoms with Gasteiger partial charge in [-0.25, -0.2) is 9.59 Å². The SMILES string of the molecule is NC(N)=NCCC[C@@H](NC(=O)OCc1cccc2c1Cc1ccccc1-2)C(=O)O. The third kappa shape index (κ3) is 5.04. The number of nitrogens with zero attached hydrogens (tertiary/aromatic N) is 1. The molecule has 0 unspecified atom stereocenters. The molecule has 1 atom stereocenters. The summed E-state index contributed by atoms with van der Waals surface area (Å²) < 4.78 is 5.30. The molecule has 0 saturated heterocycles. The summed E-state index contributed by atoms with van der Waals surface area (Å²) in [6.45, 7) is 0.364. The minimum Gasteiger partial charge on any atom is -0.480 e. The van der Waals surface area contributed by atoms with Gasteiger partial charge in [0.15, 0.2) is 5.96 Å².